The molecule has 88 valence electrons. The normalized spacial score (nSPS) is 21.2. The number of halogens is 3. The van der Waals surface area contributed by atoms with Crippen molar-refractivity contribution < 1.29 is 9.13 Å². The van der Waals surface area contributed by atoms with Crippen molar-refractivity contribution in [3.05, 3.63) is 22.6 Å². The SMILES string of the molecule is Fc1cc(Br)cnc1N1CCOC(CBr)C1. The van der Waals surface area contributed by atoms with E-state index in [-0.39, 0.29) is 11.9 Å². The highest BCUT2D eigenvalue weighted by Crippen LogP contribution is 2.22. The van der Waals surface area contributed by atoms with E-state index < -0.39 is 0 Å². The predicted molar refractivity (Wildman–Crippen MR) is 67.6 cm³/mol. The number of ether oxygens (including phenoxy) is 1. The lowest BCUT2D eigenvalue weighted by molar-refractivity contribution is 0.0565. The number of aromatic nitrogens is 1. The van der Waals surface area contributed by atoms with Gasteiger partial charge in [-0.05, 0) is 22.0 Å². The highest BCUT2D eigenvalue weighted by atomic mass is 79.9. The summed E-state index contributed by atoms with van der Waals surface area (Å²) in [7, 11) is 0. The number of hydrogen-bond acceptors (Lipinski definition) is 3. The number of anilines is 1. The Labute approximate surface area is 110 Å². The Morgan fingerprint density at radius 1 is 1.62 bits per heavy atom. The standard InChI is InChI=1S/C10H11Br2FN2O/c11-4-8-6-15(1-2-16-8)10-9(13)3-7(12)5-14-10/h3,5,8H,1-2,4,6H2. The Hall–Kier alpha value is -0.200. The first kappa shape index (κ1) is 12.3. The highest BCUT2D eigenvalue weighted by molar-refractivity contribution is 9.10. The quantitative estimate of drug-likeness (QED) is 0.764. The summed E-state index contributed by atoms with van der Waals surface area (Å²) in [5.74, 6) is 0.0991. The van der Waals surface area contributed by atoms with Gasteiger partial charge in [-0.25, -0.2) is 9.37 Å². The van der Waals surface area contributed by atoms with Crippen LogP contribution in [-0.2, 0) is 4.74 Å². The summed E-state index contributed by atoms with van der Waals surface area (Å²) in [6.45, 7) is 1.94. The molecule has 1 unspecified atom stereocenters. The van der Waals surface area contributed by atoms with Gasteiger partial charge in [0.15, 0.2) is 11.6 Å². The van der Waals surface area contributed by atoms with Crippen LogP contribution in [0.25, 0.3) is 0 Å². The minimum atomic E-state index is -0.301. The van der Waals surface area contributed by atoms with Gasteiger partial charge in [0, 0.05) is 29.1 Å². The van der Waals surface area contributed by atoms with E-state index in [1.54, 1.807) is 6.20 Å². The van der Waals surface area contributed by atoms with E-state index in [1.165, 1.54) is 6.07 Å². The van der Waals surface area contributed by atoms with Crippen LogP contribution in [0.15, 0.2) is 16.7 Å². The van der Waals surface area contributed by atoms with Gasteiger partial charge in [-0.15, -0.1) is 0 Å². The highest BCUT2D eigenvalue weighted by Gasteiger charge is 2.22. The molecule has 1 aromatic rings. The molecule has 2 rings (SSSR count). The van der Waals surface area contributed by atoms with Gasteiger partial charge >= 0.3 is 0 Å². The summed E-state index contributed by atoms with van der Waals surface area (Å²) < 4.78 is 19.8. The molecule has 1 aromatic heterocycles. The second kappa shape index (κ2) is 5.42. The monoisotopic (exact) mass is 352 g/mol. The molecule has 2 heterocycles. The van der Waals surface area contributed by atoms with E-state index in [9.17, 15) is 4.39 Å². The number of rotatable bonds is 2. The molecule has 0 spiro atoms. The zero-order valence-corrected chi connectivity index (χ0v) is 11.7. The third-order valence-electron chi connectivity index (χ3n) is 2.40. The molecule has 1 atom stereocenters. The van der Waals surface area contributed by atoms with Crippen molar-refractivity contribution in [1.82, 2.24) is 4.98 Å². The number of nitrogens with zero attached hydrogens (tertiary/aromatic N) is 2. The van der Waals surface area contributed by atoms with Gasteiger partial charge in [0.2, 0.25) is 0 Å². The van der Waals surface area contributed by atoms with Crippen molar-refractivity contribution in [1.29, 1.82) is 0 Å². The summed E-state index contributed by atoms with van der Waals surface area (Å²) in [5, 5.41) is 0.752. The molecule has 3 nitrogen and oxygen atoms in total. The second-order valence-corrected chi connectivity index (χ2v) is 5.12. The Morgan fingerprint density at radius 3 is 3.12 bits per heavy atom. The third-order valence-corrected chi connectivity index (χ3v) is 3.55. The van der Waals surface area contributed by atoms with Crippen LogP contribution < -0.4 is 4.90 Å². The summed E-state index contributed by atoms with van der Waals surface area (Å²) in [6.07, 6.45) is 1.70. The lowest BCUT2D eigenvalue weighted by atomic mass is 10.3. The van der Waals surface area contributed by atoms with Crippen LogP contribution in [0, 0.1) is 5.82 Å². The maximum Gasteiger partial charge on any atom is 0.166 e. The third kappa shape index (κ3) is 2.73. The molecule has 0 bridgehead atoms. The topological polar surface area (TPSA) is 25.4 Å². The molecule has 1 aliphatic heterocycles. The van der Waals surface area contributed by atoms with Gasteiger partial charge in [-0.3, -0.25) is 0 Å². The van der Waals surface area contributed by atoms with Crippen LogP contribution in [-0.4, -0.2) is 36.1 Å². The van der Waals surface area contributed by atoms with Crippen LogP contribution in [0.4, 0.5) is 10.2 Å². The summed E-state index contributed by atoms with van der Waals surface area (Å²) >= 11 is 6.56. The van der Waals surface area contributed by atoms with Crippen molar-refractivity contribution in [2.24, 2.45) is 0 Å². The zero-order chi connectivity index (χ0) is 11.5. The van der Waals surface area contributed by atoms with Gasteiger partial charge < -0.3 is 9.64 Å². The first-order valence-corrected chi connectivity index (χ1v) is 6.85. The molecule has 16 heavy (non-hydrogen) atoms. The minimum absolute atomic E-state index is 0.0959. The van der Waals surface area contributed by atoms with E-state index in [4.69, 9.17) is 4.74 Å². The molecule has 1 aliphatic rings. The molecule has 0 aromatic carbocycles. The number of hydrogen-bond donors (Lipinski definition) is 0. The lowest BCUT2D eigenvalue weighted by Crippen LogP contribution is -2.44. The summed E-state index contributed by atoms with van der Waals surface area (Å²) in [4.78, 5) is 6.02. The molecule has 0 amide bonds. The van der Waals surface area contributed by atoms with E-state index in [0.717, 1.165) is 5.33 Å². The van der Waals surface area contributed by atoms with Crippen molar-refractivity contribution in [2.45, 2.75) is 6.10 Å². The smallest absolute Gasteiger partial charge is 0.166 e. The van der Waals surface area contributed by atoms with E-state index in [1.807, 2.05) is 4.90 Å². The zero-order valence-electron chi connectivity index (χ0n) is 8.50. The maximum atomic E-state index is 13.7. The Balaban J connectivity index is 2.16. The first-order chi connectivity index (χ1) is 7.70. The molecule has 0 radical (unpaired) electrons. The van der Waals surface area contributed by atoms with Crippen LogP contribution in [0.2, 0.25) is 0 Å². The lowest BCUT2D eigenvalue weighted by Gasteiger charge is -2.33. The number of pyridine rings is 1. The summed E-state index contributed by atoms with van der Waals surface area (Å²) in [5.41, 5.74) is 0. The number of morpholine rings is 1. The molecule has 6 heteroatoms. The van der Waals surface area contributed by atoms with Gasteiger partial charge in [0.1, 0.15) is 0 Å². The van der Waals surface area contributed by atoms with Crippen molar-refractivity contribution >= 4 is 37.7 Å². The van der Waals surface area contributed by atoms with Gasteiger partial charge in [-0.1, -0.05) is 15.9 Å². The number of alkyl halides is 1. The van der Waals surface area contributed by atoms with Gasteiger partial charge in [0.05, 0.1) is 12.7 Å². The van der Waals surface area contributed by atoms with Crippen molar-refractivity contribution in [3.63, 3.8) is 0 Å². The molecule has 0 aliphatic carbocycles. The van der Waals surface area contributed by atoms with Crippen LogP contribution in [0.3, 0.4) is 0 Å². The largest absolute Gasteiger partial charge is 0.374 e. The Bertz CT molecular complexity index is 378. The minimum Gasteiger partial charge on any atom is -0.374 e. The van der Waals surface area contributed by atoms with Gasteiger partial charge in [-0.2, -0.15) is 0 Å². The fraction of sp³-hybridized carbons (Fsp3) is 0.500. The predicted octanol–water partition coefficient (Wildman–Crippen LogP) is 2.58. The van der Waals surface area contributed by atoms with Crippen molar-refractivity contribution in [2.75, 3.05) is 29.9 Å². The van der Waals surface area contributed by atoms with Gasteiger partial charge in [0.25, 0.3) is 0 Å². The molecule has 1 saturated heterocycles. The van der Waals surface area contributed by atoms with E-state index in [2.05, 4.69) is 36.8 Å². The van der Waals surface area contributed by atoms with E-state index >= 15 is 0 Å². The first-order valence-electron chi connectivity index (χ1n) is 4.94. The van der Waals surface area contributed by atoms with E-state index in [0.29, 0.717) is 30.0 Å². The van der Waals surface area contributed by atoms with Crippen LogP contribution in [0.5, 0.6) is 0 Å². The fourth-order valence-electron chi connectivity index (χ4n) is 1.65. The van der Waals surface area contributed by atoms with Crippen LogP contribution >= 0.6 is 31.9 Å². The Morgan fingerprint density at radius 2 is 2.44 bits per heavy atom. The molecule has 0 saturated carbocycles. The second-order valence-electron chi connectivity index (χ2n) is 3.55. The fourth-order valence-corrected chi connectivity index (χ4v) is 2.34. The molecule has 1 fully saturated rings. The Kier molecular flexibility index (Phi) is 4.16. The van der Waals surface area contributed by atoms with Crippen molar-refractivity contribution in [3.8, 4) is 0 Å². The average molecular weight is 354 g/mol. The maximum absolute atomic E-state index is 13.7. The summed E-state index contributed by atoms with van der Waals surface area (Å²) in [6, 6.07) is 1.43. The molecule has 0 N–H and O–H groups in total. The average Bonchev–Trinajstić information content (AvgIpc) is 2.29. The molecular formula is C10H11Br2FN2O. The molecular weight excluding hydrogens is 343 g/mol. The van der Waals surface area contributed by atoms with Crippen LogP contribution in [0.1, 0.15) is 0 Å².